The zero-order valence-electron chi connectivity index (χ0n) is 12.8. The second kappa shape index (κ2) is 7.77. The third kappa shape index (κ3) is 4.82. The number of hydrogen-bond donors (Lipinski definition) is 2. The molecule has 23 heavy (non-hydrogen) atoms. The van der Waals surface area contributed by atoms with Gasteiger partial charge in [0, 0.05) is 0 Å². The summed E-state index contributed by atoms with van der Waals surface area (Å²) in [5.74, 6) is -0.594. The molecule has 1 atom stereocenters. The Morgan fingerprint density at radius 1 is 1.39 bits per heavy atom. The molecule has 1 heterocycles. The number of ether oxygens (including phenoxy) is 1. The zero-order chi connectivity index (χ0) is 16.8. The van der Waals surface area contributed by atoms with Crippen molar-refractivity contribution in [3.05, 3.63) is 29.8 Å². The van der Waals surface area contributed by atoms with Crippen LogP contribution in [0.25, 0.3) is 0 Å². The van der Waals surface area contributed by atoms with Crippen molar-refractivity contribution in [2.45, 2.75) is 25.5 Å². The number of amidine groups is 1. The molecule has 0 spiro atoms. The maximum absolute atomic E-state index is 11.6. The largest absolute Gasteiger partial charge is 0.494 e. The lowest BCUT2D eigenvalue weighted by molar-refractivity contribution is -0.138. The quantitative estimate of drug-likeness (QED) is 0.610. The first kappa shape index (κ1) is 17.0. The number of carbonyl (C=O) groups is 2. The van der Waals surface area contributed by atoms with E-state index in [0.717, 1.165) is 23.1 Å². The number of benzene rings is 1. The van der Waals surface area contributed by atoms with Crippen LogP contribution in [0.2, 0.25) is 0 Å². The van der Waals surface area contributed by atoms with Crippen molar-refractivity contribution in [2.24, 2.45) is 10.2 Å². The molecular weight excluding hydrogens is 318 g/mol. The van der Waals surface area contributed by atoms with Crippen molar-refractivity contribution < 1.29 is 19.4 Å². The Balaban J connectivity index is 2.03. The summed E-state index contributed by atoms with van der Waals surface area (Å²) in [5, 5.41) is 19.0. The number of nitrogens with one attached hydrogen (secondary N) is 1. The molecule has 1 aromatic carbocycles. The number of aliphatic carboxylic acids is 1. The Bertz CT molecular complexity index is 655. The summed E-state index contributed by atoms with van der Waals surface area (Å²) in [7, 11) is 0. The van der Waals surface area contributed by atoms with Gasteiger partial charge in [-0.1, -0.05) is 11.8 Å². The average Bonchev–Trinajstić information content (AvgIpc) is 2.85. The molecule has 0 unspecified atom stereocenters. The fourth-order valence-corrected chi connectivity index (χ4v) is 2.79. The number of thioether (sulfide) groups is 1. The molecule has 2 rings (SSSR count). The Hall–Kier alpha value is -2.35. The second-order valence-corrected chi connectivity index (χ2v) is 5.93. The van der Waals surface area contributed by atoms with E-state index in [4.69, 9.17) is 9.84 Å². The van der Waals surface area contributed by atoms with Gasteiger partial charge in [0.05, 0.1) is 18.7 Å². The standard InChI is InChI=1S/C15H17N3O4S/c1-3-22-11-6-4-10(5-7-11)9(2)17-18-15-16-14(21)12(23-15)8-13(19)20/h4-7,12H,3,8H2,1-2H3,(H,19,20)(H,16,18,21)/b17-9-/t12-/m0/s1. The molecule has 0 aliphatic carbocycles. The van der Waals surface area contributed by atoms with Crippen molar-refractivity contribution >= 4 is 34.5 Å². The lowest BCUT2D eigenvalue weighted by atomic mass is 10.1. The summed E-state index contributed by atoms with van der Waals surface area (Å²) in [5.41, 5.74) is 1.56. The molecule has 122 valence electrons. The summed E-state index contributed by atoms with van der Waals surface area (Å²) >= 11 is 1.07. The number of carboxylic acids is 1. The van der Waals surface area contributed by atoms with Crippen LogP contribution in [0.3, 0.4) is 0 Å². The molecular formula is C15H17N3O4S. The van der Waals surface area contributed by atoms with Crippen LogP contribution in [-0.4, -0.2) is 39.7 Å². The SMILES string of the molecule is CCOc1ccc(/C(C)=N\N=C2/NC(=O)[C@H](CC(=O)O)S2)cc1. The van der Waals surface area contributed by atoms with E-state index in [9.17, 15) is 9.59 Å². The fourth-order valence-electron chi connectivity index (χ4n) is 1.88. The van der Waals surface area contributed by atoms with Crippen molar-refractivity contribution in [2.75, 3.05) is 6.61 Å². The van der Waals surface area contributed by atoms with Gasteiger partial charge in [-0.05, 0) is 43.7 Å². The topological polar surface area (TPSA) is 100 Å². The Morgan fingerprint density at radius 2 is 2.09 bits per heavy atom. The van der Waals surface area contributed by atoms with Crippen LogP contribution in [-0.2, 0) is 9.59 Å². The highest BCUT2D eigenvalue weighted by molar-refractivity contribution is 8.15. The molecule has 0 bridgehead atoms. The van der Waals surface area contributed by atoms with Crippen molar-refractivity contribution in [1.82, 2.24) is 5.32 Å². The highest BCUT2D eigenvalue weighted by Gasteiger charge is 2.32. The predicted molar refractivity (Wildman–Crippen MR) is 89.0 cm³/mol. The number of carbonyl (C=O) groups excluding carboxylic acids is 1. The van der Waals surface area contributed by atoms with E-state index in [0.29, 0.717) is 17.5 Å². The molecule has 2 N–H and O–H groups in total. The number of nitrogens with zero attached hydrogens (tertiary/aromatic N) is 2. The number of carboxylic acid groups (broad SMARTS) is 1. The van der Waals surface area contributed by atoms with Gasteiger partial charge < -0.3 is 15.2 Å². The van der Waals surface area contributed by atoms with E-state index in [2.05, 4.69) is 15.5 Å². The molecule has 0 saturated carbocycles. The Morgan fingerprint density at radius 3 is 2.70 bits per heavy atom. The summed E-state index contributed by atoms with van der Waals surface area (Å²) in [6.07, 6.45) is -0.239. The van der Waals surface area contributed by atoms with E-state index in [1.165, 1.54) is 0 Å². The molecule has 1 saturated heterocycles. The van der Waals surface area contributed by atoms with E-state index in [1.54, 1.807) is 6.92 Å². The molecule has 0 radical (unpaired) electrons. The molecule has 0 aromatic heterocycles. The summed E-state index contributed by atoms with van der Waals surface area (Å²) in [6, 6.07) is 7.44. The molecule has 1 fully saturated rings. The maximum Gasteiger partial charge on any atom is 0.305 e. The Labute approximate surface area is 137 Å². The highest BCUT2D eigenvalue weighted by atomic mass is 32.2. The van der Waals surface area contributed by atoms with Crippen LogP contribution in [0.15, 0.2) is 34.5 Å². The lowest BCUT2D eigenvalue weighted by Crippen LogP contribution is -2.26. The van der Waals surface area contributed by atoms with Gasteiger partial charge >= 0.3 is 5.97 Å². The zero-order valence-corrected chi connectivity index (χ0v) is 13.6. The van der Waals surface area contributed by atoms with Gasteiger partial charge in [0.15, 0.2) is 5.17 Å². The number of amides is 1. The summed E-state index contributed by atoms with van der Waals surface area (Å²) in [4.78, 5) is 22.3. The van der Waals surface area contributed by atoms with Crippen LogP contribution < -0.4 is 10.1 Å². The molecule has 1 amide bonds. The number of rotatable bonds is 6. The summed E-state index contributed by atoms with van der Waals surface area (Å²) < 4.78 is 5.37. The first-order valence-corrected chi connectivity index (χ1v) is 7.92. The maximum atomic E-state index is 11.6. The van der Waals surface area contributed by atoms with E-state index in [1.807, 2.05) is 31.2 Å². The van der Waals surface area contributed by atoms with Gasteiger partial charge in [0.25, 0.3) is 0 Å². The first-order chi connectivity index (χ1) is 11.0. The van der Waals surface area contributed by atoms with E-state index >= 15 is 0 Å². The lowest BCUT2D eigenvalue weighted by Gasteiger charge is -2.04. The highest BCUT2D eigenvalue weighted by Crippen LogP contribution is 2.22. The minimum Gasteiger partial charge on any atom is -0.494 e. The van der Waals surface area contributed by atoms with E-state index < -0.39 is 11.2 Å². The van der Waals surface area contributed by atoms with E-state index in [-0.39, 0.29) is 12.3 Å². The molecule has 1 aliphatic heterocycles. The summed E-state index contributed by atoms with van der Waals surface area (Å²) in [6.45, 7) is 4.33. The van der Waals surface area contributed by atoms with Gasteiger partial charge in [0.1, 0.15) is 11.0 Å². The predicted octanol–water partition coefficient (Wildman–Crippen LogP) is 1.87. The molecule has 7 nitrogen and oxygen atoms in total. The Kier molecular flexibility index (Phi) is 5.75. The van der Waals surface area contributed by atoms with Crippen molar-refractivity contribution in [3.63, 3.8) is 0 Å². The molecule has 1 aliphatic rings. The van der Waals surface area contributed by atoms with Crippen molar-refractivity contribution in [3.8, 4) is 5.75 Å². The smallest absolute Gasteiger partial charge is 0.305 e. The van der Waals surface area contributed by atoms with Gasteiger partial charge in [-0.15, -0.1) is 5.10 Å². The average molecular weight is 335 g/mol. The van der Waals surface area contributed by atoms with Gasteiger partial charge in [-0.2, -0.15) is 5.10 Å². The fraction of sp³-hybridized carbons (Fsp3) is 0.333. The number of hydrogen-bond acceptors (Lipinski definition) is 6. The van der Waals surface area contributed by atoms with Gasteiger partial charge in [-0.25, -0.2) is 0 Å². The third-order valence-electron chi connectivity index (χ3n) is 3.01. The van der Waals surface area contributed by atoms with Crippen molar-refractivity contribution in [1.29, 1.82) is 0 Å². The van der Waals surface area contributed by atoms with Gasteiger partial charge in [-0.3, -0.25) is 9.59 Å². The monoisotopic (exact) mass is 335 g/mol. The minimum absolute atomic E-state index is 0.239. The van der Waals surface area contributed by atoms with Crippen LogP contribution in [0, 0.1) is 0 Å². The van der Waals surface area contributed by atoms with Crippen LogP contribution in [0.4, 0.5) is 0 Å². The second-order valence-electron chi connectivity index (χ2n) is 4.74. The molecule has 1 aromatic rings. The van der Waals surface area contributed by atoms with Gasteiger partial charge in [0.2, 0.25) is 5.91 Å². The third-order valence-corrected chi connectivity index (χ3v) is 4.08. The van der Waals surface area contributed by atoms with Crippen LogP contribution in [0.5, 0.6) is 5.75 Å². The minimum atomic E-state index is -1.02. The van der Waals surface area contributed by atoms with Crippen LogP contribution in [0.1, 0.15) is 25.8 Å². The normalized spacial score (nSPS) is 19.7. The molecule has 8 heteroatoms. The first-order valence-electron chi connectivity index (χ1n) is 7.04. The van der Waals surface area contributed by atoms with Crippen LogP contribution >= 0.6 is 11.8 Å².